The van der Waals surface area contributed by atoms with Gasteiger partial charge in [0.2, 0.25) is 5.91 Å². The molecule has 0 aliphatic heterocycles. The Morgan fingerprint density at radius 3 is 2.33 bits per heavy atom. The molecule has 0 aromatic heterocycles. The molecule has 0 spiro atoms. The molecule has 0 saturated heterocycles. The van der Waals surface area contributed by atoms with E-state index >= 15 is 0 Å². The van der Waals surface area contributed by atoms with Gasteiger partial charge in [-0.25, -0.2) is 0 Å². The van der Waals surface area contributed by atoms with Crippen LogP contribution in [0.15, 0.2) is 24.3 Å². The van der Waals surface area contributed by atoms with E-state index in [2.05, 4.69) is 13.8 Å². The summed E-state index contributed by atoms with van der Waals surface area (Å²) in [6, 6.07) is 7.08. The smallest absolute Gasteiger partial charge is 0.306 e. The van der Waals surface area contributed by atoms with Gasteiger partial charge in [0, 0.05) is 18.5 Å². The van der Waals surface area contributed by atoms with Gasteiger partial charge >= 0.3 is 10.1 Å². The highest BCUT2D eigenvalue weighted by Gasteiger charge is 2.29. The van der Waals surface area contributed by atoms with Crippen LogP contribution in [0.4, 0.5) is 0 Å². The van der Waals surface area contributed by atoms with E-state index in [1.54, 1.807) is 12.1 Å². The molecule has 1 aliphatic rings. The predicted octanol–water partition coefficient (Wildman–Crippen LogP) is 3.34. The minimum Gasteiger partial charge on any atom is -0.383 e. The van der Waals surface area contributed by atoms with E-state index in [-0.39, 0.29) is 17.9 Å². The molecule has 1 fully saturated rings. The van der Waals surface area contributed by atoms with Crippen molar-refractivity contribution < 1.29 is 17.4 Å². The Kier molecular flexibility index (Phi) is 6.27. The Morgan fingerprint density at radius 2 is 1.83 bits per heavy atom. The van der Waals surface area contributed by atoms with Crippen LogP contribution in [0.25, 0.3) is 0 Å². The van der Waals surface area contributed by atoms with Gasteiger partial charge in [-0.3, -0.25) is 4.79 Å². The highest BCUT2D eigenvalue weighted by atomic mass is 32.2. The van der Waals surface area contributed by atoms with Gasteiger partial charge in [-0.1, -0.05) is 31.9 Å². The van der Waals surface area contributed by atoms with Crippen molar-refractivity contribution in [1.29, 1.82) is 0 Å². The summed E-state index contributed by atoms with van der Waals surface area (Å²) in [6.45, 7) is 4.71. The van der Waals surface area contributed by atoms with Gasteiger partial charge in [0.25, 0.3) is 0 Å². The van der Waals surface area contributed by atoms with Gasteiger partial charge in [-0.15, -0.1) is 0 Å². The number of amides is 1. The van der Waals surface area contributed by atoms with Crippen molar-refractivity contribution in [2.75, 3.05) is 6.26 Å². The van der Waals surface area contributed by atoms with Crippen LogP contribution in [0.2, 0.25) is 0 Å². The molecule has 1 saturated carbocycles. The summed E-state index contributed by atoms with van der Waals surface area (Å²) in [7, 11) is -3.52. The first-order valence-electron chi connectivity index (χ1n) is 8.59. The zero-order valence-electron chi connectivity index (χ0n) is 14.7. The number of hydrogen-bond acceptors (Lipinski definition) is 4. The fraction of sp³-hybridized carbons (Fsp3) is 0.611. The molecule has 0 radical (unpaired) electrons. The van der Waals surface area contributed by atoms with E-state index in [0.29, 0.717) is 12.3 Å². The molecule has 0 heterocycles. The fourth-order valence-electron chi connectivity index (χ4n) is 3.10. The molecule has 1 aromatic rings. The zero-order chi connectivity index (χ0) is 17.7. The number of carbonyl (C=O) groups excluding carboxylic acids is 1. The van der Waals surface area contributed by atoms with Crippen LogP contribution in [-0.2, 0) is 21.5 Å². The molecule has 1 atom stereocenters. The lowest BCUT2D eigenvalue weighted by Gasteiger charge is -2.31. The van der Waals surface area contributed by atoms with Gasteiger partial charge in [-0.05, 0) is 43.9 Å². The van der Waals surface area contributed by atoms with Crippen LogP contribution in [0.1, 0.15) is 51.5 Å². The number of rotatable bonds is 7. The highest BCUT2D eigenvalue weighted by molar-refractivity contribution is 7.86. The molecular formula is C18H27NO4S. The Balaban J connectivity index is 2.09. The maximum atomic E-state index is 12.8. The lowest BCUT2D eigenvalue weighted by atomic mass is 10.0. The minimum absolute atomic E-state index is 0.159. The van der Waals surface area contributed by atoms with Gasteiger partial charge in [0.05, 0.1) is 6.26 Å². The largest absolute Gasteiger partial charge is 0.383 e. The third kappa shape index (κ3) is 5.23. The Labute approximate surface area is 145 Å². The Bertz CT molecular complexity index is 648. The van der Waals surface area contributed by atoms with Crippen molar-refractivity contribution in [3.05, 3.63) is 29.8 Å². The first-order valence-corrected chi connectivity index (χ1v) is 10.4. The quantitative estimate of drug-likeness (QED) is 0.705. The van der Waals surface area contributed by atoms with E-state index in [1.807, 2.05) is 17.0 Å². The highest BCUT2D eigenvalue weighted by Crippen LogP contribution is 2.28. The molecule has 24 heavy (non-hydrogen) atoms. The second-order valence-corrected chi connectivity index (χ2v) is 8.21. The number of benzene rings is 1. The van der Waals surface area contributed by atoms with Crippen LogP contribution in [0, 0.1) is 5.92 Å². The van der Waals surface area contributed by atoms with Crippen molar-refractivity contribution in [3.63, 3.8) is 0 Å². The van der Waals surface area contributed by atoms with Crippen LogP contribution < -0.4 is 4.18 Å². The standard InChI is InChI=1S/C18H27NO4S/c1-4-14(2)19(18(20)16-7-5-6-8-16)13-15-9-11-17(12-10-15)23-24(3,21)22/h9-12,14,16H,4-8,13H2,1-3H3/t14-/m1/s1. The van der Waals surface area contributed by atoms with E-state index in [0.717, 1.165) is 43.9 Å². The molecule has 134 valence electrons. The number of nitrogens with zero attached hydrogens (tertiary/aromatic N) is 1. The molecule has 6 heteroatoms. The van der Waals surface area contributed by atoms with Crippen LogP contribution >= 0.6 is 0 Å². The maximum Gasteiger partial charge on any atom is 0.306 e. The Morgan fingerprint density at radius 1 is 1.25 bits per heavy atom. The van der Waals surface area contributed by atoms with Gasteiger partial charge < -0.3 is 9.08 Å². The number of carbonyl (C=O) groups is 1. The first kappa shape index (κ1) is 18.8. The van der Waals surface area contributed by atoms with Crippen molar-refractivity contribution in [2.45, 2.75) is 58.5 Å². The van der Waals surface area contributed by atoms with E-state index < -0.39 is 10.1 Å². The molecule has 5 nitrogen and oxygen atoms in total. The van der Waals surface area contributed by atoms with Crippen LogP contribution in [0.5, 0.6) is 5.75 Å². The third-order valence-electron chi connectivity index (χ3n) is 4.63. The van der Waals surface area contributed by atoms with Crippen molar-refractivity contribution >= 4 is 16.0 Å². The van der Waals surface area contributed by atoms with Gasteiger partial charge in [-0.2, -0.15) is 8.42 Å². The monoisotopic (exact) mass is 353 g/mol. The lowest BCUT2D eigenvalue weighted by molar-refractivity contribution is -0.138. The minimum atomic E-state index is -3.52. The molecule has 0 N–H and O–H groups in total. The summed E-state index contributed by atoms with van der Waals surface area (Å²) >= 11 is 0. The predicted molar refractivity (Wildman–Crippen MR) is 94.2 cm³/mol. The summed E-state index contributed by atoms with van der Waals surface area (Å²) < 4.78 is 27.2. The fourth-order valence-corrected chi connectivity index (χ4v) is 3.56. The summed E-state index contributed by atoms with van der Waals surface area (Å²) in [5.41, 5.74) is 0.975. The topological polar surface area (TPSA) is 63.7 Å². The van der Waals surface area contributed by atoms with Gasteiger partial charge in [0.1, 0.15) is 5.75 Å². The second kappa shape index (κ2) is 8.01. The number of hydrogen-bond donors (Lipinski definition) is 0. The molecule has 0 unspecified atom stereocenters. The van der Waals surface area contributed by atoms with Gasteiger partial charge in [0.15, 0.2) is 0 Å². The summed E-state index contributed by atoms with van der Waals surface area (Å²) in [5.74, 6) is 0.698. The summed E-state index contributed by atoms with van der Waals surface area (Å²) in [4.78, 5) is 14.8. The molecule has 1 amide bonds. The Hall–Kier alpha value is -1.56. The van der Waals surface area contributed by atoms with Crippen molar-refractivity contribution in [1.82, 2.24) is 4.90 Å². The molecule has 1 aromatic carbocycles. The van der Waals surface area contributed by atoms with Crippen LogP contribution in [0.3, 0.4) is 0 Å². The molecule has 1 aliphatic carbocycles. The molecule has 2 rings (SSSR count). The average molecular weight is 353 g/mol. The molecular weight excluding hydrogens is 326 g/mol. The van der Waals surface area contributed by atoms with Crippen LogP contribution in [-0.4, -0.2) is 31.5 Å². The zero-order valence-corrected chi connectivity index (χ0v) is 15.5. The van der Waals surface area contributed by atoms with E-state index in [1.165, 1.54) is 0 Å². The third-order valence-corrected chi connectivity index (χ3v) is 5.13. The SMILES string of the molecule is CC[C@@H](C)N(Cc1ccc(OS(C)(=O)=O)cc1)C(=O)C1CCCC1. The normalized spacial score (nSPS) is 16.8. The average Bonchev–Trinajstić information content (AvgIpc) is 3.06. The maximum absolute atomic E-state index is 12.8. The summed E-state index contributed by atoms with van der Waals surface area (Å²) in [6.07, 6.45) is 6.20. The summed E-state index contributed by atoms with van der Waals surface area (Å²) in [5, 5.41) is 0. The lowest BCUT2D eigenvalue weighted by Crippen LogP contribution is -2.40. The second-order valence-electron chi connectivity index (χ2n) is 6.64. The first-order chi connectivity index (χ1) is 11.3. The van der Waals surface area contributed by atoms with E-state index in [4.69, 9.17) is 4.18 Å². The molecule has 0 bridgehead atoms. The van der Waals surface area contributed by atoms with E-state index in [9.17, 15) is 13.2 Å². The van der Waals surface area contributed by atoms with Crippen molar-refractivity contribution in [3.8, 4) is 5.75 Å². The van der Waals surface area contributed by atoms with Crippen molar-refractivity contribution in [2.24, 2.45) is 5.92 Å².